The molecule has 1 aliphatic rings. The van der Waals surface area contributed by atoms with Crippen molar-refractivity contribution < 1.29 is 0 Å². The highest BCUT2D eigenvalue weighted by molar-refractivity contribution is 9.09. The van der Waals surface area contributed by atoms with E-state index in [4.69, 9.17) is 4.98 Å². The number of benzene rings is 1. The molecule has 3 heteroatoms. The fourth-order valence-corrected chi connectivity index (χ4v) is 4.91. The fraction of sp³-hybridized carbons (Fsp3) is 0.533. The number of fused-ring (bicyclic) bond motifs is 1. The molecule has 0 aliphatic heterocycles. The molecule has 1 saturated carbocycles. The summed E-state index contributed by atoms with van der Waals surface area (Å²) >= 11 is 5.75. The Hall–Kier alpha value is -0.410. The van der Waals surface area contributed by atoms with Crippen molar-refractivity contribution in [3.8, 4) is 0 Å². The van der Waals surface area contributed by atoms with Gasteiger partial charge in [-0.3, -0.25) is 0 Å². The monoisotopic (exact) mass is 323 g/mol. The minimum atomic E-state index is 0.610. The smallest absolute Gasteiger partial charge is 0.0949 e. The van der Waals surface area contributed by atoms with E-state index in [1.165, 1.54) is 41.8 Å². The van der Waals surface area contributed by atoms with E-state index in [0.29, 0.717) is 4.83 Å². The highest BCUT2D eigenvalue weighted by Crippen LogP contribution is 2.33. The van der Waals surface area contributed by atoms with Gasteiger partial charge in [-0.1, -0.05) is 47.3 Å². The third-order valence-corrected chi connectivity index (χ3v) is 6.00. The number of rotatable bonds is 3. The number of para-hydroxylation sites is 1. The topological polar surface area (TPSA) is 12.9 Å². The lowest BCUT2D eigenvalue weighted by Crippen LogP contribution is -2.19. The SMILES string of the molecule is BrC(Cc1nc2ccccc2s1)C1CCCCC1. The molecule has 0 saturated heterocycles. The average molecular weight is 324 g/mol. The summed E-state index contributed by atoms with van der Waals surface area (Å²) in [5.41, 5.74) is 1.15. The van der Waals surface area contributed by atoms with Gasteiger partial charge < -0.3 is 0 Å². The fourth-order valence-electron chi connectivity index (χ4n) is 2.84. The lowest BCUT2D eigenvalue weighted by Gasteiger charge is -2.25. The van der Waals surface area contributed by atoms with E-state index in [2.05, 4.69) is 40.2 Å². The number of hydrogen-bond acceptors (Lipinski definition) is 2. The quantitative estimate of drug-likeness (QED) is 0.709. The van der Waals surface area contributed by atoms with Crippen LogP contribution in [0.5, 0.6) is 0 Å². The van der Waals surface area contributed by atoms with Gasteiger partial charge in [0.2, 0.25) is 0 Å². The molecule has 1 heterocycles. The number of hydrogen-bond donors (Lipinski definition) is 0. The van der Waals surface area contributed by atoms with E-state index < -0.39 is 0 Å². The zero-order chi connectivity index (χ0) is 12.4. The summed E-state index contributed by atoms with van der Waals surface area (Å²) in [4.78, 5) is 5.35. The standard InChI is InChI=1S/C15H18BrNS/c16-12(11-6-2-1-3-7-11)10-15-17-13-8-4-5-9-14(13)18-15/h4-5,8-9,11-12H,1-3,6-7,10H2. The summed E-state index contributed by atoms with van der Waals surface area (Å²) in [6.07, 6.45) is 8.11. The van der Waals surface area contributed by atoms with Crippen LogP contribution in [0.3, 0.4) is 0 Å². The van der Waals surface area contributed by atoms with E-state index >= 15 is 0 Å². The van der Waals surface area contributed by atoms with Crippen LogP contribution >= 0.6 is 27.3 Å². The van der Waals surface area contributed by atoms with Crippen molar-refractivity contribution in [2.45, 2.75) is 43.4 Å². The van der Waals surface area contributed by atoms with Crippen molar-refractivity contribution in [1.29, 1.82) is 0 Å². The average Bonchev–Trinajstić information content (AvgIpc) is 2.82. The second-order valence-corrected chi connectivity index (χ2v) is 7.48. The zero-order valence-electron chi connectivity index (χ0n) is 10.4. The Morgan fingerprint density at radius 1 is 1.22 bits per heavy atom. The maximum Gasteiger partial charge on any atom is 0.0949 e. The van der Waals surface area contributed by atoms with E-state index in [1.807, 2.05) is 11.3 Å². The molecule has 1 fully saturated rings. The molecule has 1 aromatic carbocycles. The number of alkyl halides is 1. The Bertz CT molecular complexity index is 483. The minimum absolute atomic E-state index is 0.610. The Balaban J connectivity index is 1.71. The number of thiazole rings is 1. The highest BCUT2D eigenvalue weighted by atomic mass is 79.9. The Labute approximate surface area is 121 Å². The van der Waals surface area contributed by atoms with Crippen LogP contribution in [0.15, 0.2) is 24.3 Å². The summed E-state index contributed by atoms with van der Waals surface area (Å²) in [5, 5.41) is 1.28. The van der Waals surface area contributed by atoms with E-state index in [-0.39, 0.29) is 0 Å². The highest BCUT2D eigenvalue weighted by Gasteiger charge is 2.22. The van der Waals surface area contributed by atoms with Gasteiger partial charge in [-0.05, 0) is 30.9 Å². The van der Waals surface area contributed by atoms with E-state index in [0.717, 1.165) is 17.9 Å². The van der Waals surface area contributed by atoms with Gasteiger partial charge in [0.05, 0.1) is 15.2 Å². The van der Waals surface area contributed by atoms with Crippen LogP contribution in [0.1, 0.15) is 37.1 Å². The van der Waals surface area contributed by atoms with Gasteiger partial charge in [-0.2, -0.15) is 0 Å². The van der Waals surface area contributed by atoms with Crippen LogP contribution in [-0.4, -0.2) is 9.81 Å². The summed E-state index contributed by atoms with van der Waals surface area (Å²) in [7, 11) is 0. The van der Waals surface area contributed by atoms with Gasteiger partial charge >= 0.3 is 0 Å². The lowest BCUT2D eigenvalue weighted by molar-refractivity contribution is 0.350. The van der Waals surface area contributed by atoms with E-state index in [9.17, 15) is 0 Å². The number of aromatic nitrogens is 1. The molecule has 0 N–H and O–H groups in total. The first-order valence-electron chi connectivity index (χ1n) is 6.81. The Morgan fingerprint density at radius 2 is 2.00 bits per heavy atom. The summed E-state index contributed by atoms with van der Waals surface area (Å²) < 4.78 is 1.32. The predicted molar refractivity (Wildman–Crippen MR) is 82.6 cm³/mol. The second-order valence-electron chi connectivity index (χ2n) is 5.19. The molecule has 96 valence electrons. The normalized spacial score (nSPS) is 19.2. The lowest BCUT2D eigenvalue weighted by atomic mass is 9.86. The molecule has 0 radical (unpaired) electrons. The molecule has 18 heavy (non-hydrogen) atoms. The molecule has 2 aromatic rings. The summed E-state index contributed by atoms with van der Waals surface area (Å²) in [5.74, 6) is 0.853. The van der Waals surface area contributed by atoms with Crippen molar-refractivity contribution in [2.24, 2.45) is 5.92 Å². The maximum absolute atomic E-state index is 4.74. The second kappa shape index (κ2) is 5.70. The molecule has 1 unspecified atom stereocenters. The minimum Gasteiger partial charge on any atom is -0.241 e. The van der Waals surface area contributed by atoms with Gasteiger partial charge in [0.15, 0.2) is 0 Å². The van der Waals surface area contributed by atoms with Gasteiger partial charge in [-0.15, -0.1) is 11.3 Å². The molecule has 1 aromatic heterocycles. The Kier molecular flexibility index (Phi) is 4.00. The molecule has 3 rings (SSSR count). The van der Waals surface area contributed by atoms with E-state index in [1.54, 1.807) is 0 Å². The van der Waals surface area contributed by atoms with Crippen LogP contribution < -0.4 is 0 Å². The van der Waals surface area contributed by atoms with Crippen molar-refractivity contribution in [2.75, 3.05) is 0 Å². The summed E-state index contributed by atoms with van der Waals surface area (Å²) in [6, 6.07) is 8.44. The van der Waals surface area contributed by atoms with Crippen LogP contribution in [0.2, 0.25) is 0 Å². The van der Waals surface area contributed by atoms with Crippen LogP contribution in [0.4, 0.5) is 0 Å². The van der Waals surface area contributed by atoms with Gasteiger partial charge in [0.1, 0.15) is 0 Å². The first kappa shape index (κ1) is 12.6. The first-order chi connectivity index (χ1) is 8.83. The number of halogens is 1. The van der Waals surface area contributed by atoms with Crippen LogP contribution in [-0.2, 0) is 6.42 Å². The zero-order valence-corrected chi connectivity index (χ0v) is 12.8. The van der Waals surface area contributed by atoms with Gasteiger partial charge in [-0.25, -0.2) is 4.98 Å². The largest absolute Gasteiger partial charge is 0.241 e. The molecule has 0 bridgehead atoms. The molecule has 1 atom stereocenters. The third-order valence-electron chi connectivity index (χ3n) is 3.87. The summed E-state index contributed by atoms with van der Waals surface area (Å²) in [6.45, 7) is 0. The molecule has 0 amide bonds. The van der Waals surface area contributed by atoms with Gasteiger partial charge in [0.25, 0.3) is 0 Å². The third kappa shape index (κ3) is 2.77. The van der Waals surface area contributed by atoms with Crippen LogP contribution in [0, 0.1) is 5.92 Å². The predicted octanol–water partition coefficient (Wildman–Crippen LogP) is 5.18. The molecular formula is C15H18BrNS. The van der Waals surface area contributed by atoms with Crippen molar-refractivity contribution in [3.05, 3.63) is 29.3 Å². The Morgan fingerprint density at radius 3 is 2.78 bits per heavy atom. The van der Waals surface area contributed by atoms with Gasteiger partial charge in [0, 0.05) is 11.2 Å². The van der Waals surface area contributed by atoms with Crippen molar-refractivity contribution >= 4 is 37.5 Å². The first-order valence-corrected chi connectivity index (χ1v) is 8.54. The van der Waals surface area contributed by atoms with Crippen molar-refractivity contribution in [1.82, 2.24) is 4.98 Å². The molecule has 1 aliphatic carbocycles. The van der Waals surface area contributed by atoms with Crippen LogP contribution in [0.25, 0.3) is 10.2 Å². The molecular weight excluding hydrogens is 306 g/mol. The van der Waals surface area contributed by atoms with Crippen molar-refractivity contribution in [3.63, 3.8) is 0 Å². The number of nitrogens with zero attached hydrogens (tertiary/aromatic N) is 1. The maximum atomic E-state index is 4.74. The molecule has 1 nitrogen and oxygen atoms in total. The molecule has 0 spiro atoms.